The highest BCUT2D eigenvalue weighted by atomic mass is 16.1. The van der Waals surface area contributed by atoms with E-state index in [0.29, 0.717) is 5.69 Å². The summed E-state index contributed by atoms with van der Waals surface area (Å²) < 4.78 is 4.03. The fourth-order valence-electron chi connectivity index (χ4n) is 5.59. The number of anilines is 1. The number of nitrogens with zero attached hydrogens (tertiary/aromatic N) is 2. The minimum atomic E-state index is 0.0435. The van der Waals surface area contributed by atoms with E-state index in [1.165, 1.54) is 38.5 Å². The van der Waals surface area contributed by atoms with Gasteiger partial charge < -0.3 is 5.73 Å². The molecule has 4 saturated carbocycles. The Morgan fingerprint density at radius 3 is 1.95 bits per heavy atom. The standard InChI is InChI=1S/C15H23N3O/c1-9-13(16)14(19)18(17(9)2)15-6-10-3-11(7-15)5-12(4-10)8-15/h10-12H,3-8,16H2,1-2H3. The maximum absolute atomic E-state index is 12.5. The highest BCUT2D eigenvalue weighted by Crippen LogP contribution is 2.58. The van der Waals surface area contributed by atoms with E-state index in [4.69, 9.17) is 5.73 Å². The lowest BCUT2D eigenvalue weighted by molar-refractivity contribution is -0.0562. The molecule has 4 bridgehead atoms. The molecule has 4 aliphatic rings. The van der Waals surface area contributed by atoms with Gasteiger partial charge in [-0.15, -0.1) is 0 Å². The average molecular weight is 261 g/mol. The summed E-state index contributed by atoms with van der Waals surface area (Å²) >= 11 is 0. The molecule has 0 spiro atoms. The van der Waals surface area contributed by atoms with Crippen LogP contribution in [0.15, 0.2) is 4.79 Å². The third-order valence-corrected chi connectivity index (χ3v) is 6.05. The second-order valence-corrected chi connectivity index (χ2v) is 7.28. The molecule has 0 aliphatic heterocycles. The third kappa shape index (κ3) is 1.37. The van der Waals surface area contributed by atoms with Crippen LogP contribution >= 0.6 is 0 Å². The van der Waals surface area contributed by atoms with Gasteiger partial charge in [0.2, 0.25) is 0 Å². The molecule has 0 amide bonds. The second kappa shape index (κ2) is 3.47. The Kier molecular flexibility index (Phi) is 2.12. The lowest BCUT2D eigenvalue weighted by Crippen LogP contribution is -2.55. The maximum atomic E-state index is 12.5. The summed E-state index contributed by atoms with van der Waals surface area (Å²) in [7, 11) is 1.99. The van der Waals surface area contributed by atoms with Crippen molar-refractivity contribution in [3.05, 3.63) is 16.0 Å². The van der Waals surface area contributed by atoms with Gasteiger partial charge >= 0.3 is 0 Å². The second-order valence-electron chi connectivity index (χ2n) is 7.28. The highest BCUT2D eigenvalue weighted by Gasteiger charge is 2.53. The van der Waals surface area contributed by atoms with E-state index >= 15 is 0 Å². The molecule has 0 radical (unpaired) electrons. The molecule has 1 aromatic rings. The van der Waals surface area contributed by atoms with Crippen molar-refractivity contribution in [2.75, 3.05) is 5.73 Å². The number of hydrogen-bond acceptors (Lipinski definition) is 2. The summed E-state index contributed by atoms with van der Waals surface area (Å²) in [6.45, 7) is 1.95. The third-order valence-electron chi connectivity index (χ3n) is 6.05. The van der Waals surface area contributed by atoms with Crippen LogP contribution in [-0.2, 0) is 12.6 Å². The van der Waals surface area contributed by atoms with Crippen molar-refractivity contribution < 1.29 is 0 Å². The van der Waals surface area contributed by atoms with Gasteiger partial charge in [0.1, 0.15) is 5.69 Å². The molecular formula is C15H23N3O. The van der Waals surface area contributed by atoms with E-state index in [-0.39, 0.29) is 11.1 Å². The summed E-state index contributed by atoms with van der Waals surface area (Å²) in [6, 6.07) is 0. The molecule has 2 N–H and O–H groups in total. The Morgan fingerprint density at radius 1 is 1.11 bits per heavy atom. The van der Waals surface area contributed by atoms with Crippen LogP contribution in [0, 0.1) is 24.7 Å². The Morgan fingerprint density at radius 2 is 1.58 bits per heavy atom. The van der Waals surface area contributed by atoms with Crippen molar-refractivity contribution in [1.82, 2.24) is 9.36 Å². The summed E-state index contributed by atoms with van der Waals surface area (Å²) in [5.74, 6) is 2.53. The summed E-state index contributed by atoms with van der Waals surface area (Å²) in [6.07, 6.45) is 7.76. The summed E-state index contributed by atoms with van der Waals surface area (Å²) in [5.41, 5.74) is 7.44. The first-order valence-electron chi connectivity index (χ1n) is 7.55. The van der Waals surface area contributed by atoms with Crippen molar-refractivity contribution in [3.63, 3.8) is 0 Å². The highest BCUT2D eigenvalue weighted by molar-refractivity contribution is 5.41. The van der Waals surface area contributed by atoms with Gasteiger partial charge in [0, 0.05) is 7.05 Å². The van der Waals surface area contributed by atoms with Gasteiger partial charge in [-0.2, -0.15) is 0 Å². The molecule has 0 aromatic carbocycles. The number of nitrogen functional groups attached to an aromatic ring is 1. The van der Waals surface area contributed by atoms with Gasteiger partial charge in [0.25, 0.3) is 5.56 Å². The van der Waals surface area contributed by atoms with Crippen molar-refractivity contribution in [3.8, 4) is 0 Å². The van der Waals surface area contributed by atoms with E-state index in [1.807, 2.05) is 23.3 Å². The Hall–Kier alpha value is -1.19. The van der Waals surface area contributed by atoms with Crippen LogP contribution in [0.25, 0.3) is 0 Å². The molecule has 19 heavy (non-hydrogen) atoms. The number of aromatic nitrogens is 2. The summed E-state index contributed by atoms with van der Waals surface area (Å²) in [4.78, 5) is 12.5. The molecule has 0 saturated heterocycles. The molecule has 0 atom stereocenters. The topological polar surface area (TPSA) is 53.0 Å². The Balaban J connectivity index is 1.89. The number of rotatable bonds is 1. The quantitative estimate of drug-likeness (QED) is 0.840. The largest absolute Gasteiger partial charge is 0.393 e. The van der Waals surface area contributed by atoms with Crippen molar-refractivity contribution in [2.24, 2.45) is 24.8 Å². The van der Waals surface area contributed by atoms with Crippen molar-refractivity contribution in [2.45, 2.75) is 51.0 Å². The molecule has 4 heteroatoms. The minimum Gasteiger partial charge on any atom is -0.393 e. The fraction of sp³-hybridized carbons (Fsp3) is 0.800. The normalized spacial score (nSPS) is 40.0. The zero-order chi connectivity index (χ0) is 13.4. The molecule has 104 valence electrons. The molecule has 4 nitrogen and oxygen atoms in total. The first kappa shape index (κ1) is 11.6. The van der Waals surface area contributed by atoms with Gasteiger partial charge in [0.05, 0.1) is 11.2 Å². The van der Waals surface area contributed by atoms with Gasteiger partial charge in [0.15, 0.2) is 0 Å². The van der Waals surface area contributed by atoms with Gasteiger partial charge in [-0.05, 0) is 63.2 Å². The summed E-state index contributed by atoms with van der Waals surface area (Å²) in [5, 5.41) is 0. The predicted octanol–water partition coefficient (Wildman–Crippen LogP) is 2.00. The molecule has 0 unspecified atom stereocenters. The van der Waals surface area contributed by atoms with Crippen LogP contribution in [0.4, 0.5) is 5.69 Å². The molecular weight excluding hydrogens is 238 g/mol. The molecule has 4 fully saturated rings. The Bertz CT molecular complexity index is 560. The van der Waals surface area contributed by atoms with Gasteiger partial charge in [-0.3, -0.25) is 9.48 Å². The SMILES string of the molecule is Cc1c(N)c(=O)n(C23CC4CC(CC(C4)C2)C3)n1C. The van der Waals surface area contributed by atoms with Crippen molar-refractivity contribution >= 4 is 5.69 Å². The lowest BCUT2D eigenvalue weighted by atomic mass is 9.53. The average Bonchev–Trinajstić information content (AvgIpc) is 2.52. The van der Waals surface area contributed by atoms with Crippen molar-refractivity contribution in [1.29, 1.82) is 0 Å². The first-order chi connectivity index (χ1) is 9.00. The van der Waals surface area contributed by atoms with Crippen LogP contribution in [0.5, 0.6) is 0 Å². The first-order valence-corrected chi connectivity index (χ1v) is 7.55. The minimum absolute atomic E-state index is 0.0435. The van der Waals surface area contributed by atoms with Crippen LogP contribution in [-0.4, -0.2) is 9.36 Å². The number of hydrogen-bond donors (Lipinski definition) is 1. The Labute approximate surface area is 113 Å². The fourth-order valence-corrected chi connectivity index (χ4v) is 5.59. The van der Waals surface area contributed by atoms with E-state index in [0.717, 1.165) is 23.4 Å². The van der Waals surface area contributed by atoms with Crippen LogP contribution in [0.1, 0.15) is 44.2 Å². The predicted molar refractivity (Wildman–Crippen MR) is 75.0 cm³/mol. The zero-order valence-electron chi connectivity index (χ0n) is 11.9. The zero-order valence-corrected chi connectivity index (χ0v) is 11.9. The van der Waals surface area contributed by atoms with Gasteiger partial charge in [-0.25, -0.2) is 4.68 Å². The molecule has 1 heterocycles. The van der Waals surface area contributed by atoms with Crippen LogP contribution in [0.3, 0.4) is 0 Å². The monoisotopic (exact) mass is 261 g/mol. The molecule has 1 aromatic heterocycles. The maximum Gasteiger partial charge on any atom is 0.290 e. The van der Waals surface area contributed by atoms with E-state index in [9.17, 15) is 4.79 Å². The van der Waals surface area contributed by atoms with E-state index in [1.54, 1.807) is 0 Å². The van der Waals surface area contributed by atoms with E-state index in [2.05, 4.69) is 0 Å². The molecule has 4 aliphatic carbocycles. The van der Waals surface area contributed by atoms with Crippen LogP contribution in [0.2, 0.25) is 0 Å². The van der Waals surface area contributed by atoms with Gasteiger partial charge in [-0.1, -0.05) is 0 Å². The number of nitrogens with two attached hydrogens (primary N) is 1. The molecule has 5 rings (SSSR count). The smallest absolute Gasteiger partial charge is 0.290 e. The van der Waals surface area contributed by atoms with Crippen LogP contribution < -0.4 is 11.3 Å². The lowest BCUT2D eigenvalue weighted by Gasteiger charge is -2.57. The van der Waals surface area contributed by atoms with E-state index < -0.39 is 0 Å².